The molecule has 0 aliphatic carbocycles. The molecule has 2 aromatic carbocycles. The van der Waals surface area contributed by atoms with Gasteiger partial charge < -0.3 is 13.7 Å². The van der Waals surface area contributed by atoms with Gasteiger partial charge in [-0.25, -0.2) is 4.39 Å². The summed E-state index contributed by atoms with van der Waals surface area (Å²) in [6, 6.07) is 8.62. The second-order valence-electron chi connectivity index (χ2n) is 5.59. The van der Waals surface area contributed by atoms with Crippen LogP contribution in [0.2, 0.25) is 0 Å². The van der Waals surface area contributed by atoms with Gasteiger partial charge in [-0.05, 0) is 17.5 Å². The molecule has 0 fully saturated rings. The van der Waals surface area contributed by atoms with Crippen LogP contribution in [0.1, 0.15) is 0 Å². The van der Waals surface area contributed by atoms with Crippen molar-refractivity contribution in [3.8, 4) is 27.7 Å². The molecular formula is C18H14FNO7S2. The Morgan fingerprint density at radius 1 is 1.03 bits per heavy atom. The van der Waals surface area contributed by atoms with E-state index < -0.39 is 25.8 Å². The predicted octanol–water partition coefficient (Wildman–Crippen LogP) is 4.25. The topological polar surface area (TPSA) is 105 Å². The number of nitro benzene ring substituents is 1. The van der Waals surface area contributed by atoms with Crippen molar-refractivity contribution in [1.82, 2.24) is 0 Å². The number of benzene rings is 2. The molecule has 0 atom stereocenters. The van der Waals surface area contributed by atoms with Crippen LogP contribution < -0.4 is 13.7 Å². The third kappa shape index (κ3) is 4.15. The highest BCUT2D eigenvalue weighted by molar-refractivity contribution is 7.87. The zero-order valence-electron chi connectivity index (χ0n) is 15.1. The summed E-state index contributed by atoms with van der Waals surface area (Å²) in [5.41, 5.74) is -0.0471. The lowest BCUT2D eigenvalue weighted by Crippen LogP contribution is -2.13. The highest BCUT2D eigenvalue weighted by atomic mass is 32.2. The number of thiophene rings is 1. The molecule has 0 aliphatic rings. The van der Waals surface area contributed by atoms with Crippen molar-refractivity contribution in [2.45, 2.75) is 4.90 Å². The molecule has 0 saturated heterocycles. The Kier molecular flexibility index (Phi) is 5.71. The number of rotatable bonds is 7. The molecule has 29 heavy (non-hydrogen) atoms. The quantitative estimate of drug-likeness (QED) is 0.308. The van der Waals surface area contributed by atoms with E-state index in [4.69, 9.17) is 13.7 Å². The molecule has 0 unspecified atom stereocenters. The molecule has 3 aromatic rings. The van der Waals surface area contributed by atoms with Gasteiger partial charge in [0.2, 0.25) is 0 Å². The standard InChI is InChI=1S/C18H14FNO7S2/c1-25-15-9-13(19)18(10-16(15)26-2)29(23,24)27-14-6-5-11(20(21)22)8-12(14)17-4-3-7-28-17/h3-10H,1-2H3. The van der Waals surface area contributed by atoms with Crippen molar-refractivity contribution in [3.05, 3.63) is 63.8 Å². The van der Waals surface area contributed by atoms with Gasteiger partial charge in [-0.15, -0.1) is 11.3 Å². The maximum Gasteiger partial charge on any atom is 0.342 e. The van der Waals surface area contributed by atoms with Crippen molar-refractivity contribution < 1.29 is 31.4 Å². The highest BCUT2D eigenvalue weighted by Gasteiger charge is 2.27. The van der Waals surface area contributed by atoms with Gasteiger partial charge in [-0.3, -0.25) is 10.1 Å². The van der Waals surface area contributed by atoms with Crippen LogP contribution in [0.3, 0.4) is 0 Å². The molecule has 0 aliphatic heterocycles. The first-order chi connectivity index (χ1) is 13.8. The minimum absolute atomic E-state index is 0.00162. The molecule has 1 aromatic heterocycles. The minimum atomic E-state index is -4.62. The molecule has 0 saturated carbocycles. The number of nitro groups is 1. The summed E-state index contributed by atoms with van der Waals surface area (Å²) in [5.74, 6) is -1.26. The number of nitrogens with zero attached hydrogens (tertiary/aromatic N) is 1. The second kappa shape index (κ2) is 8.05. The Morgan fingerprint density at radius 3 is 2.31 bits per heavy atom. The number of ether oxygens (including phenoxy) is 2. The highest BCUT2D eigenvalue weighted by Crippen LogP contribution is 2.38. The number of halogens is 1. The van der Waals surface area contributed by atoms with E-state index in [0.29, 0.717) is 4.88 Å². The predicted molar refractivity (Wildman–Crippen MR) is 104 cm³/mol. The molecule has 0 N–H and O–H groups in total. The first-order valence-electron chi connectivity index (χ1n) is 7.95. The van der Waals surface area contributed by atoms with Crippen LogP contribution in [-0.2, 0) is 10.1 Å². The van der Waals surface area contributed by atoms with Crippen LogP contribution in [0, 0.1) is 15.9 Å². The average molecular weight is 439 g/mol. The first kappa shape index (κ1) is 20.6. The maximum atomic E-state index is 14.4. The van der Waals surface area contributed by atoms with Gasteiger partial charge >= 0.3 is 10.1 Å². The zero-order valence-corrected chi connectivity index (χ0v) is 16.8. The van der Waals surface area contributed by atoms with E-state index in [0.717, 1.165) is 24.3 Å². The summed E-state index contributed by atoms with van der Waals surface area (Å²) >= 11 is 1.24. The van der Waals surface area contributed by atoms with E-state index in [-0.39, 0.29) is 28.5 Å². The molecule has 0 spiro atoms. The normalized spacial score (nSPS) is 11.1. The lowest BCUT2D eigenvalue weighted by atomic mass is 10.1. The Morgan fingerprint density at radius 2 is 1.72 bits per heavy atom. The van der Waals surface area contributed by atoms with Gasteiger partial charge in [0.05, 0.1) is 19.1 Å². The molecule has 1 heterocycles. The zero-order chi connectivity index (χ0) is 21.2. The van der Waals surface area contributed by atoms with E-state index in [1.807, 2.05) is 0 Å². The molecule has 3 rings (SSSR count). The molecular weight excluding hydrogens is 425 g/mol. The van der Waals surface area contributed by atoms with E-state index in [1.54, 1.807) is 17.5 Å². The Bertz CT molecular complexity index is 1160. The van der Waals surface area contributed by atoms with Crippen LogP contribution in [-0.4, -0.2) is 27.6 Å². The van der Waals surface area contributed by atoms with E-state index >= 15 is 0 Å². The van der Waals surface area contributed by atoms with Gasteiger partial charge in [-0.2, -0.15) is 8.42 Å². The van der Waals surface area contributed by atoms with E-state index in [1.165, 1.54) is 31.6 Å². The monoisotopic (exact) mass is 439 g/mol. The fourth-order valence-corrected chi connectivity index (χ4v) is 4.29. The van der Waals surface area contributed by atoms with Gasteiger partial charge in [0.1, 0.15) is 10.7 Å². The number of methoxy groups -OCH3 is 2. The van der Waals surface area contributed by atoms with Crippen molar-refractivity contribution >= 4 is 27.1 Å². The fourth-order valence-electron chi connectivity index (χ4n) is 2.52. The molecule has 152 valence electrons. The Balaban J connectivity index is 2.09. The second-order valence-corrected chi connectivity index (χ2v) is 8.05. The van der Waals surface area contributed by atoms with Crippen molar-refractivity contribution in [2.24, 2.45) is 0 Å². The van der Waals surface area contributed by atoms with Gasteiger partial charge in [0, 0.05) is 34.7 Å². The Labute approximate surface area is 169 Å². The molecule has 11 heteroatoms. The van der Waals surface area contributed by atoms with Crippen LogP contribution in [0.25, 0.3) is 10.4 Å². The largest absolute Gasteiger partial charge is 0.493 e. The van der Waals surface area contributed by atoms with Gasteiger partial charge in [0.15, 0.2) is 17.2 Å². The summed E-state index contributed by atoms with van der Waals surface area (Å²) in [6.07, 6.45) is 0. The third-order valence-corrected chi connectivity index (χ3v) is 6.02. The minimum Gasteiger partial charge on any atom is -0.493 e. The number of hydrogen-bond donors (Lipinski definition) is 0. The van der Waals surface area contributed by atoms with E-state index in [9.17, 15) is 22.9 Å². The lowest BCUT2D eigenvalue weighted by Gasteiger charge is -2.13. The van der Waals surface area contributed by atoms with Crippen molar-refractivity contribution in [1.29, 1.82) is 0 Å². The Hall–Kier alpha value is -3.18. The van der Waals surface area contributed by atoms with E-state index in [2.05, 4.69) is 0 Å². The summed E-state index contributed by atoms with van der Waals surface area (Å²) < 4.78 is 55.0. The van der Waals surface area contributed by atoms with Crippen LogP contribution in [0.4, 0.5) is 10.1 Å². The summed E-state index contributed by atoms with van der Waals surface area (Å²) in [7, 11) is -2.06. The first-order valence-corrected chi connectivity index (χ1v) is 10.2. The fraction of sp³-hybridized carbons (Fsp3) is 0.111. The molecule has 0 amide bonds. The van der Waals surface area contributed by atoms with Crippen LogP contribution in [0.15, 0.2) is 52.7 Å². The van der Waals surface area contributed by atoms with Gasteiger partial charge in [-0.1, -0.05) is 6.07 Å². The SMILES string of the molecule is COc1cc(F)c(S(=O)(=O)Oc2ccc([N+](=O)[O-])cc2-c2cccs2)cc1OC. The summed E-state index contributed by atoms with van der Waals surface area (Å²) in [6.45, 7) is 0. The number of hydrogen-bond acceptors (Lipinski definition) is 8. The molecule has 0 radical (unpaired) electrons. The van der Waals surface area contributed by atoms with Crippen molar-refractivity contribution in [3.63, 3.8) is 0 Å². The van der Waals surface area contributed by atoms with Crippen LogP contribution in [0.5, 0.6) is 17.2 Å². The number of non-ortho nitro benzene ring substituents is 1. The van der Waals surface area contributed by atoms with Gasteiger partial charge in [0.25, 0.3) is 5.69 Å². The lowest BCUT2D eigenvalue weighted by molar-refractivity contribution is -0.384. The molecule has 8 nitrogen and oxygen atoms in total. The average Bonchev–Trinajstić information content (AvgIpc) is 3.21. The van der Waals surface area contributed by atoms with Crippen LogP contribution >= 0.6 is 11.3 Å². The summed E-state index contributed by atoms with van der Waals surface area (Å²) in [5, 5.41) is 12.8. The summed E-state index contributed by atoms with van der Waals surface area (Å²) in [4.78, 5) is 10.3. The molecule has 0 bridgehead atoms. The van der Waals surface area contributed by atoms with Crippen molar-refractivity contribution in [2.75, 3.05) is 14.2 Å². The maximum absolute atomic E-state index is 14.4. The smallest absolute Gasteiger partial charge is 0.342 e. The third-order valence-electron chi connectivity index (χ3n) is 3.87.